The Kier molecular flexibility index (Phi) is 7.06. The molecular weight excluding hydrogens is 234 g/mol. The molecule has 0 fully saturated rings. The zero-order valence-corrected chi connectivity index (χ0v) is 13.1. The molecule has 2 unspecified atom stereocenters. The second kappa shape index (κ2) is 8.31. The highest BCUT2D eigenvalue weighted by Gasteiger charge is 2.23. The fourth-order valence-electron chi connectivity index (χ4n) is 2.77. The highest BCUT2D eigenvalue weighted by Crippen LogP contribution is 2.22. The summed E-state index contributed by atoms with van der Waals surface area (Å²) in [4.78, 5) is 4.83. The first-order chi connectivity index (χ1) is 9.10. The molecule has 1 aromatic rings. The van der Waals surface area contributed by atoms with Gasteiger partial charge in [0.1, 0.15) is 0 Å². The Labute approximate surface area is 118 Å². The van der Waals surface area contributed by atoms with Gasteiger partial charge in [0, 0.05) is 25.2 Å². The van der Waals surface area contributed by atoms with Crippen molar-refractivity contribution in [3.8, 4) is 0 Å². The predicted octanol–water partition coefficient (Wildman–Crippen LogP) is 2.22. The van der Waals surface area contributed by atoms with Gasteiger partial charge < -0.3 is 10.2 Å². The van der Waals surface area contributed by atoms with Gasteiger partial charge >= 0.3 is 0 Å². The van der Waals surface area contributed by atoms with Crippen molar-refractivity contribution >= 4 is 0 Å². The normalized spacial score (nSPS) is 14.9. The first kappa shape index (κ1) is 16.2. The molecule has 0 radical (unpaired) electrons. The summed E-state index contributed by atoms with van der Waals surface area (Å²) in [5.41, 5.74) is 1.39. The Balaban J connectivity index is 2.88. The topological polar surface area (TPSA) is 18.5 Å². The maximum atomic E-state index is 3.33. The van der Waals surface area contributed by atoms with Crippen molar-refractivity contribution < 1.29 is 0 Å². The first-order valence-corrected chi connectivity index (χ1v) is 7.20. The van der Waals surface area contributed by atoms with Gasteiger partial charge in [-0.3, -0.25) is 4.90 Å². The van der Waals surface area contributed by atoms with Crippen molar-refractivity contribution in [3.63, 3.8) is 0 Å². The fourth-order valence-corrected chi connectivity index (χ4v) is 2.77. The van der Waals surface area contributed by atoms with E-state index in [4.69, 9.17) is 0 Å². The third-order valence-electron chi connectivity index (χ3n) is 3.54. The van der Waals surface area contributed by atoms with Gasteiger partial charge in [0.2, 0.25) is 0 Å². The summed E-state index contributed by atoms with van der Waals surface area (Å²) in [5, 5.41) is 3.33. The molecule has 0 bridgehead atoms. The number of rotatable bonds is 8. The van der Waals surface area contributed by atoms with Crippen LogP contribution in [0.3, 0.4) is 0 Å². The monoisotopic (exact) mass is 263 g/mol. The van der Waals surface area contributed by atoms with Crippen LogP contribution < -0.4 is 5.32 Å². The highest BCUT2D eigenvalue weighted by atomic mass is 15.2. The number of likely N-dealkylation sites (N-methyl/N-ethyl adjacent to an activating group) is 3. The van der Waals surface area contributed by atoms with Crippen molar-refractivity contribution in [2.45, 2.75) is 25.9 Å². The quantitative estimate of drug-likeness (QED) is 0.776. The second-order valence-corrected chi connectivity index (χ2v) is 5.43. The number of hydrogen-bond donors (Lipinski definition) is 1. The van der Waals surface area contributed by atoms with Crippen molar-refractivity contribution in [2.75, 3.05) is 40.8 Å². The van der Waals surface area contributed by atoms with E-state index in [2.05, 4.69) is 73.4 Å². The van der Waals surface area contributed by atoms with Crippen molar-refractivity contribution in [3.05, 3.63) is 35.9 Å². The lowest BCUT2D eigenvalue weighted by molar-refractivity contribution is 0.127. The van der Waals surface area contributed by atoms with Crippen LogP contribution in [0.25, 0.3) is 0 Å². The van der Waals surface area contributed by atoms with E-state index in [1.165, 1.54) is 5.56 Å². The molecule has 0 saturated carbocycles. The van der Waals surface area contributed by atoms with Crippen LogP contribution in [0.4, 0.5) is 0 Å². The lowest BCUT2D eigenvalue weighted by Crippen LogP contribution is -2.44. The van der Waals surface area contributed by atoms with Gasteiger partial charge in [-0.15, -0.1) is 0 Å². The summed E-state index contributed by atoms with van der Waals surface area (Å²) in [5.74, 6) is 0. The zero-order chi connectivity index (χ0) is 14.3. The lowest BCUT2D eigenvalue weighted by atomic mass is 10.0. The van der Waals surface area contributed by atoms with Crippen LogP contribution in [0.2, 0.25) is 0 Å². The molecule has 0 spiro atoms. The standard InChI is InChI=1S/C16H29N3/c1-6-19(14(2)13-18(4)5)16(12-17-3)15-10-8-7-9-11-15/h7-11,14,16-17H,6,12-13H2,1-5H3. The number of nitrogens with one attached hydrogen (secondary N) is 1. The summed E-state index contributed by atoms with van der Waals surface area (Å²) < 4.78 is 0. The Hall–Kier alpha value is -0.900. The molecule has 0 aliphatic carbocycles. The van der Waals surface area contributed by atoms with Gasteiger partial charge in [0.05, 0.1) is 0 Å². The van der Waals surface area contributed by atoms with E-state index in [1.54, 1.807) is 0 Å². The summed E-state index contributed by atoms with van der Waals surface area (Å²) in [6.07, 6.45) is 0. The van der Waals surface area contributed by atoms with Gasteiger partial charge in [-0.05, 0) is 40.2 Å². The SMILES string of the molecule is CCN(C(C)CN(C)C)C(CNC)c1ccccc1. The molecule has 0 heterocycles. The Morgan fingerprint density at radius 2 is 1.79 bits per heavy atom. The first-order valence-electron chi connectivity index (χ1n) is 7.20. The van der Waals surface area contributed by atoms with E-state index in [9.17, 15) is 0 Å². The van der Waals surface area contributed by atoms with Crippen LogP contribution in [-0.4, -0.2) is 56.6 Å². The zero-order valence-electron chi connectivity index (χ0n) is 13.1. The number of nitrogens with zero attached hydrogens (tertiary/aromatic N) is 2. The van der Waals surface area contributed by atoms with Crippen molar-refractivity contribution in [1.29, 1.82) is 0 Å². The lowest BCUT2D eigenvalue weighted by Gasteiger charge is -2.37. The fraction of sp³-hybridized carbons (Fsp3) is 0.625. The minimum Gasteiger partial charge on any atom is -0.318 e. The van der Waals surface area contributed by atoms with Crippen LogP contribution in [0.15, 0.2) is 30.3 Å². The largest absolute Gasteiger partial charge is 0.318 e. The minimum atomic E-state index is 0.436. The Morgan fingerprint density at radius 1 is 1.16 bits per heavy atom. The molecule has 0 saturated heterocycles. The molecule has 108 valence electrons. The minimum absolute atomic E-state index is 0.436. The van der Waals surface area contributed by atoms with Crippen LogP contribution in [0, 0.1) is 0 Å². The van der Waals surface area contributed by atoms with E-state index < -0.39 is 0 Å². The Bertz CT molecular complexity index is 337. The predicted molar refractivity (Wildman–Crippen MR) is 83.5 cm³/mol. The average molecular weight is 263 g/mol. The second-order valence-electron chi connectivity index (χ2n) is 5.43. The molecule has 3 heteroatoms. The summed E-state index contributed by atoms with van der Waals surface area (Å²) in [6, 6.07) is 11.8. The van der Waals surface area contributed by atoms with Crippen molar-refractivity contribution in [1.82, 2.24) is 15.1 Å². The molecule has 0 amide bonds. The van der Waals surface area contributed by atoms with Gasteiger partial charge in [-0.25, -0.2) is 0 Å². The summed E-state index contributed by atoms with van der Waals surface area (Å²) in [6.45, 7) is 7.69. The molecular formula is C16H29N3. The van der Waals surface area contributed by atoms with Crippen LogP contribution in [0.5, 0.6) is 0 Å². The third-order valence-corrected chi connectivity index (χ3v) is 3.54. The molecule has 0 aliphatic heterocycles. The molecule has 0 aromatic heterocycles. The maximum absolute atomic E-state index is 3.33. The van der Waals surface area contributed by atoms with Crippen molar-refractivity contribution in [2.24, 2.45) is 0 Å². The van der Waals surface area contributed by atoms with Gasteiger partial charge in [0.15, 0.2) is 0 Å². The average Bonchev–Trinajstić information content (AvgIpc) is 2.39. The molecule has 3 nitrogen and oxygen atoms in total. The van der Waals surface area contributed by atoms with E-state index in [0.29, 0.717) is 12.1 Å². The molecule has 1 aromatic carbocycles. The number of benzene rings is 1. The molecule has 1 N–H and O–H groups in total. The van der Waals surface area contributed by atoms with Gasteiger partial charge in [-0.1, -0.05) is 37.3 Å². The smallest absolute Gasteiger partial charge is 0.0475 e. The molecule has 1 rings (SSSR count). The van der Waals surface area contributed by atoms with Crippen LogP contribution in [-0.2, 0) is 0 Å². The van der Waals surface area contributed by atoms with E-state index >= 15 is 0 Å². The van der Waals surface area contributed by atoms with Gasteiger partial charge in [0.25, 0.3) is 0 Å². The van der Waals surface area contributed by atoms with Gasteiger partial charge in [-0.2, -0.15) is 0 Å². The van der Waals surface area contributed by atoms with E-state index in [0.717, 1.165) is 19.6 Å². The summed E-state index contributed by atoms with van der Waals surface area (Å²) in [7, 11) is 6.31. The molecule has 0 aliphatic rings. The van der Waals surface area contributed by atoms with E-state index in [-0.39, 0.29) is 0 Å². The Morgan fingerprint density at radius 3 is 2.26 bits per heavy atom. The van der Waals surface area contributed by atoms with E-state index in [1.807, 2.05) is 7.05 Å². The maximum Gasteiger partial charge on any atom is 0.0475 e. The third kappa shape index (κ3) is 4.94. The highest BCUT2D eigenvalue weighted by molar-refractivity contribution is 5.19. The van der Waals surface area contributed by atoms with Crippen LogP contribution in [0.1, 0.15) is 25.5 Å². The summed E-state index contributed by atoms with van der Waals surface area (Å²) >= 11 is 0. The molecule has 2 atom stereocenters. The van der Waals surface area contributed by atoms with Crippen LogP contribution >= 0.6 is 0 Å². The number of hydrogen-bond acceptors (Lipinski definition) is 3. The molecule has 19 heavy (non-hydrogen) atoms.